The third-order valence-corrected chi connectivity index (χ3v) is 9.99. The second kappa shape index (κ2) is 17.5. The van der Waals surface area contributed by atoms with Gasteiger partial charge in [0.05, 0.1) is 18.0 Å². The SMILES string of the molecule is CC(C)CNCC(C(C)C)C(C)CC(Cc1ccccc1)NC(=O)c1cc(C(=O)NC(C)c2ccccc2)cc(N(C)S(C)(=O)=O)c1. The van der Waals surface area contributed by atoms with Crippen LogP contribution in [0, 0.1) is 23.7 Å². The minimum absolute atomic E-state index is 0.182. The van der Waals surface area contributed by atoms with E-state index in [2.05, 4.69) is 62.7 Å². The fourth-order valence-electron chi connectivity index (χ4n) is 5.97. The molecule has 3 aromatic carbocycles. The third-order valence-electron chi connectivity index (χ3n) is 8.79. The standard InChI is InChI=1S/C38H54N4O4S/c1-26(2)24-39-25-36(27(3)4)28(5)19-34(20-30-15-11-9-12-16-30)41-38(44)33-21-32(22-35(23-33)42(7)47(8,45)46)37(43)40-29(6)31-17-13-10-14-18-31/h9-18,21-23,26-29,34,36,39H,19-20,24-25H2,1-8H3,(H,40,43)(H,41,44). The Labute approximate surface area is 282 Å². The van der Waals surface area contributed by atoms with Gasteiger partial charge in [-0.3, -0.25) is 13.9 Å². The van der Waals surface area contributed by atoms with E-state index in [9.17, 15) is 18.0 Å². The number of carbonyl (C=O) groups is 2. The molecule has 3 N–H and O–H groups in total. The van der Waals surface area contributed by atoms with Gasteiger partial charge in [-0.15, -0.1) is 0 Å². The second-order valence-electron chi connectivity index (χ2n) is 13.6. The number of amides is 2. The molecule has 0 saturated heterocycles. The molecule has 0 heterocycles. The van der Waals surface area contributed by atoms with Crippen LogP contribution in [-0.2, 0) is 16.4 Å². The largest absolute Gasteiger partial charge is 0.349 e. The lowest BCUT2D eigenvalue weighted by Gasteiger charge is -2.31. The Morgan fingerprint density at radius 3 is 1.85 bits per heavy atom. The van der Waals surface area contributed by atoms with Crippen LogP contribution in [0.25, 0.3) is 0 Å². The maximum atomic E-state index is 14.0. The molecule has 0 bridgehead atoms. The topological polar surface area (TPSA) is 108 Å². The first-order chi connectivity index (χ1) is 22.1. The van der Waals surface area contributed by atoms with Crippen molar-refractivity contribution in [3.63, 3.8) is 0 Å². The summed E-state index contributed by atoms with van der Waals surface area (Å²) in [6.07, 6.45) is 2.50. The van der Waals surface area contributed by atoms with Gasteiger partial charge >= 0.3 is 0 Å². The molecule has 2 amide bonds. The average Bonchev–Trinajstić information content (AvgIpc) is 3.02. The summed E-state index contributed by atoms with van der Waals surface area (Å²) < 4.78 is 26.1. The number of hydrogen-bond acceptors (Lipinski definition) is 5. The van der Waals surface area contributed by atoms with E-state index in [1.54, 1.807) is 0 Å². The lowest BCUT2D eigenvalue weighted by molar-refractivity contribution is 0.0926. The maximum absolute atomic E-state index is 14.0. The molecule has 4 atom stereocenters. The van der Waals surface area contributed by atoms with Crippen molar-refractivity contribution in [2.24, 2.45) is 23.7 Å². The molecule has 0 spiro atoms. The van der Waals surface area contributed by atoms with E-state index in [-0.39, 0.29) is 34.8 Å². The zero-order chi connectivity index (χ0) is 34.7. The lowest BCUT2D eigenvalue weighted by Crippen LogP contribution is -2.41. The summed E-state index contributed by atoms with van der Waals surface area (Å²) in [5.41, 5.74) is 2.71. The summed E-state index contributed by atoms with van der Waals surface area (Å²) >= 11 is 0. The maximum Gasteiger partial charge on any atom is 0.251 e. The molecule has 9 heteroatoms. The lowest BCUT2D eigenvalue weighted by atomic mass is 9.80. The summed E-state index contributed by atoms with van der Waals surface area (Å²) in [4.78, 5) is 27.5. The van der Waals surface area contributed by atoms with E-state index in [0.29, 0.717) is 30.1 Å². The number of rotatable bonds is 17. The molecule has 0 aromatic heterocycles. The number of benzene rings is 3. The van der Waals surface area contributed by atoms with Gasteiger partial charge in [0.2, 0.25) is 10.0 Å². The van der Waals surface area contributed by atoms with Gasteiger partial charge in [-0.25, -0.2) is 8.42 Å². The number of carbonyl (C=O) groups excluding carboxylic acids is 2. The quantitative estimate of drug-likeness (QED) is 0.154. The summed E-state index contributed by atoms with van der Waals surface area (Å²) in [5, 5.41) is 9.87. The molecule has 3 aromatic rings. The Bertz CT molecular complexity index is 1540. The zero-order valence-electron chi connectivity index (χ0n) is 29.3. The fourth-order valence-corrected chi connectivity index (χ4v) is 6.46. The van der Waals surface area contributed by atoms with E-state index >= 15 is 0 Å². The van der Waals surface area contributed by atoms with Gasteiger partial charge in [-0.1, -0.05) is 95.3 Å². The Kier molecular flexibility index (Phi) is 14.0. The van der Waals surface area contributed by atoms with Crippen molar-refractivity contribution in [2.75, 3.05) is 30.7 Å². The predicted octanol–water partition coefficient (Wildman–Crippen LogP) is 6.46. The Morgan fingerprint density at radius 1 is 0.766 bits per heavy atom. The van der Waals surface area contributed by atoms with E-state index in [0.717, 1.165) is 41.2 Å². The van der Waals surface area contributed by atoms with Gasteiger partial charge in [-0.05, 0) is 85.9 Å². The van der Waals surface area contributed by atoms with E-state index in [1.807, 2.05) is 55.5 Å². The summed E-state index contributed by atoms with van der Waals surface area (Å²) in [7, 11) is -2.24. The molecule has 256 valence electrons. The second-order valence-corrected chi connectivity index (χ2v) is 15.7. The van der Waals surface area contributed by atoms with Crippen molar-refractivity contribution >= 4 is 27.5 Å². The number of nitrogens with one attached hydrogen (secondary N) is 3. The number of anilines is 1. The van der Waals surface area contributed by atoms with Crippen LogP contribution in [-0.4, -0.2) is 52.7 Å². The Hall–Kier alpha value is -3.69. The Morgan fingerprint density at radius 2 is 1.32 bits per heavy atom. The summed E-state index contributed by atoms with van der Waals surface area (Å²) in [6.45, 7) is 14.9. The van der Waals surface area contributed by atoms with Gasteiger partial charge in [0, 0.05) is 24.2 Å². The molecular weight excluding hydrogens is 609 g/mol. The molecule has 0 fully saturated rings. The van der Waals surface area contributed by atoms with Crippen LogP contribution in [0.5, 0.6) is 0 Å². The van der Waals surface area contributed by atoms with Crippen LogP contribution >= 0.6 is 0 Å². The van der Waals surface area contributed by atoms with Gasteiger partial charge in [0.25, 0.3) is 11.8 Å². The van der Waals surface area contributed by atoms with Gasteiger partial charge in [-0.2, -0.15) is 0 Å². The van der Waals surface area contributed by atoms with Gasteiger partial charge < -0.3 is 16.0 Å². The summed E-state index contributed by atoms with van der Waals surface area (Å²) in [5.74, 6) is 0.993. The van der Waals surface area contributed by atoms with Gasteiger partial charge in [0.15, 0.2) is 0 Å². The third kappa shape index (κ3) is 11.8. The predicted molar refractivity (Wildman–Crippen MR) is 193 cm³/mol. The number of sulfonamides is 1. The number of hydrogen-bond donors (Lipinski definition) is 3. The van der Waals surface area contributed by atoms with E-state index < -0.39 is 15.9 Å². The first kappa shape index (κ1) is 37.8. The van der Waals surface area contributed by atoms with Crippen molar-refractivity contribution in [2.45, 2.75) is 66.5 Å². The number of nitrogens with zero attached hydrogens (tertiary/aromatic N) is 1. The molecule has 0 aliphatic carbocycles. The van der Waals surface area contributed by atoms with Crippen LogP contribution in [0.2, 0.25) is 0 Å². The van der Waals surface area contributed by atoms with Crippen molar-refractivity contribution in [3.8, 4) is 0 Å². The van der Waals surface area contributed by atoms with Crippen LogP contribution in [0.3, 0.4) is 0 Å². The van der Waals surface area contributed by atoms with Crippen LogP contribution in [0.1, 0.15) is 85.8 Å². The highest BCUT2D eigenvalue weighted by Crippen LogP contribution is 2.27. The highest BCUT2D eigenvalue weighted by molar-refractivity contribution is 7.92. The van der Waals surface area contributed by atoms with Crippen LogP contribution in [0.4, 0.5) is 5.69 Å². The van der Waals surface area contributed by atoms with Crippen LogP contribution < -0.4 is 20.3 Å². The van der Waals surface area contributed by atoms with Crippen molar-refractivity contribution in [3.05, 3.63) is 101 Å². The normalized spacial score (nSPS) is 14.3. The van der Waals surface area contributed by atoms with Crippen LogP contribution in [0.15, 0.2) is 78.9 Å². The van der Waals surface area contributed by atoms with E-state index in [1.165, 1.54) is 25.2 Å². The first-order valence-electron chi connectivity index (χ1n) is 16.7. The fraction of sp³-hybridized carbons (Fsp3) is 0.474. The molecule has 0 radical (unpaired) electrons. The molecule has 4 unspecified atom stereocenters. The van der Waals surface area contributed by atoms with Gasteiger partial charge in [0.1, 0.15) is 0 Å². The smallest absolute Gasteiger partial charge is 0.251 e. The highest BCUT2D eigenvalue weighted by Gasteiger charge is 2.26. The van der Waals surface area contributed by atoms with Crippen molar-refractivity contribution in [1.82, 2.24) is 16.0 Å². The molecule has 47 heavy (non-hydrogen) atoms. The molecular formula is C38H54N4O4S. The minimum atomic E-state index is -3.65. The van der Waals surface area contributed by atoms with E-state index in [4.69, 9.17) is 0 Å². The van der Waals surface area contributed by atoms with Crippen molar-refractivity contribution in [1.29, 1.82) is 0 Å². The zero-order valence-corrected chi connectivity index (χ0v) is 30.1. The average molecular weight is 663 g/mol. The molecule has 8 nitrogen and oxygen atoms in total. The molecule has 3 rings (SSSR count). The molecule has 0 aliphatic heterocycles. The van der Waals surface area contributed by atoms with Crippen molar-refractivity contribution < 1.29 is 18.0 Å². The monoisotopic (exact) mass is 662 g/mol. The summed E-state index contributed by atoms with van der Waals surface area (Å²) in [6, 6.07) is 23.8. The minimum Gasteiger partial charge on any atom is -0.349 e. The highest BCUT2D eigenvalue weighted by atomic mass is 32.2. The molecule has 0 aliphatic rings. The Balaban J connectivity index is 1.92. The first-order valence-corrected chi connectivity index (χ1v) is 18.5. The molecule has 0 saturated carbocycles.